The Labute approximate surface area is 283 Å². The summed E-state index contributed by atoms with van der Waals surface area (Å²) in [6, 6.07) is 0. The van der Waals surface area contributed by atoms with Crippen LogP contribution in [-0.2, 0) is 23.8 Å². The Bertz CT molecular complexity index is 1430. The van der Waals surface area contributed by atoms with Gasteiger partial charge in [-0.2, -0.15) is 140 Å². The summed E-state index contributed by atoms with van der Waals surface area (Å²) < 4.78 is 422. The maximum absolute atomic E-state index is 14.0. The molecular weight excluding hydrogens is 903 g/mol. The van der Waals surface area contributed by atoms with Crippen molar-refractivity contribution in [2.45, 2.75) is 103 Å². The van der Waals surface area contributed by atoms with Gasteiger partial charge in [-0.05, 0) is 6.42 Å². The number of alkyl halides is 29. The lowest BCUT2D eigenvalue weighted by atomic mass is 9.87. The second-order valence-corrected chi connectivity index (χ2v) is 11.7. The van der Waals surface area contributed by atoms with Crippen LogP contribution in [-0.4, -0.2) is 111 Å². The average molecular weight is 916 g/mol. The predicted octanol–water partition coefficient (Wildman–Crippen LogP) is 9.86. The van der Waals surface area contributed by atoms with Crippen molar-refractivity contribution in [1.29, 1.82) is 0 Å². The number of rotatable bonds is 21. The predicted molar refractivity (Wildman–Crippen MR) is 112 cm³/mol. The molecule has 0 fully saturated rings. The van der Waals surface area contributed by atoms with Crippen molar-refractivity contribution in [3.63, 3.8) is 0 Å². The fraction of sp³-hybridized carbons (Fsp3) is 1.00. The minimum atomic E-state index is -9.82. The fourth-order valence-corrected chi connectivity index (χ4v) is 3.90. The van der Waals surface area contributed by atoms with Gasteiger partial charge in [-0.25, -0.2) is 0 Å². The van der Waals surface area contributed by atoms with Crippen LogP contribution in [0.5, 0.6) is 0 Å². The summed E-state index contributed by atoms with van der Waals surface area (Å²) in [6.45, 7) is -2.53. The van der Waals surface area contributed by atoms with Gasteiger partial charge in [0.15, 0.2) is 0 Å². The highest BCUT2D eigenvalue weighted by Gasteiger charge is 2.98. The van der Waals surface area contributed by atoms with Crippen LogP contribution >= 0.6 is 0 Å². The van der Waals surface area contributed by atoms with E-state index in [1.165, 1.54) is 6.92 Å². The monoisotopic (exact) mass is 916 g/mol. The van der Waals surface area contributed by atoms with Gasteiger partial charge >= 0.3 is 93.0 Å². The zero-order valence-electron chi connectivity index (χ0n) is 24.9. The van der Waals surface area contributed by atoms with E-state index in [0.29, 0.717) is 0 Å². The Morgan fingerprint density at radius 1 is 0.382 bits per heavy atom. The number of hydrogen-bond donors (Lipinski definition) is 0. The van der Waals surface area contributed by atoms with E-state index < -0.39 is 113 Å². The molecule has 0 atom stereocenters. The van der Waals surface area contributed by atoms with Gasteiger partial charge in [-0.1, -0.05) is 13.3 Å². The molecule has 0 aromatic carbocycles. The quantitative estimate of drug-likeness (QED) is 0.0653. The molecular formula is C20H13F29O5S. The number of unbranched alkanes of at least 4 members (excludes halogenated alkanes) is 1. The van der Waals surface area contributed by atoms with Crippen molar-refractivity contribution in [2.24, 2.45) is 0 Å². The molecule has 0 aliphatic carbocycles. The van der Waals surface area contributed by atoms with Crippen molar-refractivity contribution in [1.82, 2.24) is 0 Å². The van der Waals surface area contributed by atoms with Crippen LogP contribution in [0.1, 0.15) is 19.8 Å². The third-order valence-corrected chi connectivity index (χ3v) is 7.60. The Morgan fingerprint density at radius 3 is 1.00 bits per heavy atom. The summed E-state index contributed by atoms with van der Waals surface area (Å²) in [5.74, 6) is -92.8. The SMILES string of the molecule is CCCCOCCOC(F)(F)C(F)(F)C(F)(F)C(F)(F)C(F)(F)C(F)(F)C(F)(F)C(F)(F)C(F)(F)C(F)(F)OS(=O)(=O)C(F)(F)C(F)(F)C(F)(F)C(F)(F)F. The summed E-state index contributed by atoms with van der Waals surface area (Å²) in [7, 11) is -9.66. The molecule has 0 heterocycles. The largest absolute Gasteiger partial charge is 0.460 e. The summed E-state index contributed by atoms with van der Waals surface area (Å²) in [6.07, 6.45) is -24.2. The van der Waals surface area contributed by atoms with E-state index in [4.69, 9.17) is 0 Å². The van der Waals surface area contributed by atoms with E-state index in [9.17, 15) is 136 Å². The van der Waals surface area contributed by atoms with Gasteiger partial charge < -0.3 is 9.47 Å². The molecule has 35 heteroatoms. The number of ether oxygens (including phenoxy) is 2. The molecule has 0 aliphatic rings. The summed E-state index contributed by atoms with van der Waals surface area (Å²) in [5.41, 5.74) is 0. The first-order valence-electron chi connectivity index (χ1n) is 12.7. The standard InChI is InChI=1S/C20H13F29O5S/c1-2-3-4-52-5-6-53-18(44,45)14(35,36)11(29,30)9(25,26)7(21,22)8(23,24)10(27,28)12(31,32)15(37,38)19(46,47)54-55(50,51)20(48,49)16(39,40)13(33,34)17(41,42)43/h2-6H2,1H3. The van der Waals surface area contributed by atoms with E-state index in [1.807, 2.05) is 0 Å². The Hall–Kier alpha value is -2.20. The highest BCUT2D eigenvalue weighted by Crippen LogP contribution is 2.67. The van der Waals surface area contributed by atoms with Crippen LogP contribution in [0.4, 0.5) is 127 Å². The van der Waals surface area contributed by atoms with Crippen molar-refractivity contribution in [2.75, 3.05) is 19.8 Å². The summed E-state index contributed by atoms with van der Waals surface area (Å²) >= 11 is 0. The Morgan fingerprint density at radius 2 is 0.691 bits per heavy atom. The first-order valence-corrected chi connectivity index (χ1v) is 14.1. The van der Waals surface area contributed by atoms with Gasteiger partial charge in [0.1, 0.15) is 0 Å². The van der Waals surface area contributed by atoms with Gasteiger partial charge in [0.25, 0.3) is 0 Å². The van der Waals surface area contributed by atoms with Crippen LogP contribution < -0.4 is 0 Å². The molecule has 0 aliphatic heterocycles. The molecule has 0 saturated carbocycles. The molecule has 0 spiro atoms. The van der Waals surface area contributed by atoms with Gasteiger partial charge in [-0.3, -0.25) is 0 Å². The molecule has 5 nitrogen and oxygen atoms in total. The molecule has 0 aromatic rings. The molecule has 0 amide bonds. The minimum absolute atomic E-state index is 0.0429. The van der Waals surface area contributed by atoms with Crippen LogP contribution in [0.15, 0.2) is 0 Å². The molecule has 55 heavy (non-hydrogen) atoms. The minimum Gasteiger partial charge on any atom is -0.379 e. The van der Waals surface area contributed by atoms with Gasteiger partial charge in [0.2, 0.25) is 0 Å². The summed E-state index contributed by atoms with van der Waals surface area (Å²) in [4.78, 5) is 0. The molecule has 0 rings (SSSR count). The van der Waals surface area contributed by atoms with E-state index in [0.717, 1.165) is 4.18 Å². The molecule has 0 N–H and O–H groups in total. The first kappa shape index (κ1) is 52.8. The van der Waals surface area contributed by atoms with E-state index in [1.54, 1.807) is 0 Å². The molecule has 0 bridgehead atoms. The zero-order chi connectivity index (χ0) is 45.2. The lowest BCUT2D eigenvalue weighted by Crippen LogP contribution is -2.77. The maximum atomic E-state index is 14.0. The van der Waals surface area contributed by atoms with Crippen LogP contribution in [0, 0.1) is 0 Å². The topological polar surface area (TPSA) is 61.8 Å². The second-order valence-electron chi connectivity index (χ2n) is 10.1. The van der Waals surface area contributed by atoms with Crippen LogP contribution in [0.3, 0.4) is 0 Å². The number of halogens is 29. The molecule has 332 valence electrons. The summed E-state index contributed by atoms with van der Waals surface area (Å²) in [5, 5.41) is -8.81. The van der Waals surface area contributed by atoms with Gasteiger partial charge in [0.05, 0.1) is 13.2 Å². The molecule has 0 aromatic heterocycles. The fourth-order valence-electron chi connectivity index (χ4n) is 2.98. The highest BCUT2D eigenvalue weighted by molar-refractivity contribution is 7.87. The molecule has 0 saturated heterocycles. The van der Waals surface area contributed by atoms with Crippen LogP contribution in [0.25, 0.3) is 0 Å². The van der Waals surface area contributed by atoms with Gasteiger partial charge in [0, 0.05) is 6.61 Å². The Balaban J connectivity index is 7.15. The van der Waals surface area contributed by atoms with Crippen molar-refractivity contribution >= 4 is 10.1 Å². The molecule has 0 unspecified atom stereocenters. The normalized spacial score (nSPS) is 16.5. The van der Waals surface area contributed by atoms with Crippen LogP contribution in [0.2, 0.25) is 0 Å². The van der Waals surface area contributed by atoms with Crippen molar-refractivity contribution < 1.29 is 149 Å². The lowest BCUT2D eigenvalue weighted by Gasteiger charge is -2.44. The van der Waals surface area contributed by atoms with E-state index in [-0.39, 0.29) is 12.8 Å². The Kier molecular flexibility index (Phi) is 14.0. The third-order valence-electron chi connectivity index (χ3n) is 6.29. The van der Waals surface area contributed by atoms with Crippen molar-refractivity contribution in [3.05, 3.63) is 0 Å². The lowest BCUT2D eigenvalue weighted by molar-refractivity contribution is -0.486. The smallest absolute Gasteiger partial charge is 0.379 e. The third kappa shape index (κ3) is 7.62. The maximum Gasteiger partial charge on any atom is 0.460 e. The zero-order valence-corrected chi connectivity index (χ0v) is 25.8. The van der Waals surface area contributed by atoms with E-state index in [2.05, 4.69) is 9.47 Å². The van der Waals surface area contributed by atoms with E-state index >= 15 is 0 Å². The highest BCUT2D eigenvalue weighted by atomic mass is 32.2. The number of hydrogen-bond acceptors (Lipinski definition) is 5. The van der Waals surface area contributed by atoms with Crippen molar-refractivity contribution in [3.8, 4) is 0 Å². The second kappa shape index (κ2) is 14.6. The molecule has 0 radical (unpaired) electrons. The van der Waals surface area contributed by atoms with Gasteiger partial charge in [-0.15, -0.1) is 0 Å². The first-order chi connectivity index (χ1) is 23.5. The average Bonchev–Trinajstić information content (AvgIpc) is 2.96.